The standard InChI is InChI=1S/C15H22ClNO3/c1-4-15(3,7-8-18)17-14(19)10-20-13-6-5-12(16)9-11(13)2/h5-6,9,18H,4,7-8,10H2,1-3H3,(H,17,19). The Morgan fingerprint density at radius 3 is 2.75 bits per heavy atom. The molecular weight excluding hydrogens is 278 g/mol. The molecule has 0 heterocycles. The number of aliphatic hydroxyl groups excluding tert-OH is 1. The zero-order valence-electron chi connectivity index (χ0n) is 12.2. The lowest BCUT2D eigenvalue weighted by Gasteiger charge is -2.29. The number of halogens is 1. The molecule has 0 saturated carbocycles. The van der Waals surface area contributed by atoms with Gasteiger partial charge in [-0.25, -0.2) is 0 Å². The van der Waals surface area contributed by atoms with Gasteiger partial charge in [-0.15, -0.1) is 0 Å². The molecule has 20 heavy (non-hydrogen) atoms. The van der Waals surface area contributed by atoms with Crippen LogP contribution in [0.5, 0.6) is 5.75 Å². The molecule has 5 heteroatoms. The molecule has 0 aliphatic carbocycles. The molecule has 0 aromatic heterocycles. The highest BCUT2D eigenvalue weighted by Gasteiger charge is 2.23. The summed E-state index contributed by atoms with van der Waals surface area (Å²) in [7, 11) is 0. The minimum absolute atomic E-state index is 0.0434. The van der Waals surface area contributed by atoms with Gasteiger partial charge in [-0.1, -0.05) is 18.5 Å². The molecule has 0 aliphatic heterocycles. The second-order valence-electron chi connectivity index (χ2n) is 5.13. The number of amides is 1. The number of aryl methyl sites for hydroxylation is 1. The summed E-state index contributed by atoms with van der Waals surface area (Å²) in [5, 5.41) is 12.6. The van der Waals surface area contributed by atoms with E-state index >= 15 is 0 Å². The van der Waals surface area contributed by atoms with Gasteiger partial charge in [0.05, 0.1) is 0 Å². The van der Waals surface area contributed by atoms with E-state index in [0.717, 1.165) is 12.0 Å². The van der Waals surface area contributed by atoms with Crippen molar-refractivity contribution in [3.63, 3.8) is 0 Å². The molecule has 0 saturated heterocycles. The number of ether oxygens (including phenoxy) is 1. The number of aliphatic hydroxyl groups is 1. The fourth-order valence-corrected chi connectivity index (χ4v) is 2.09. The van der Waals surface area contributed by atoms with Crippen LogP contribution < -0.4 is 10.1 Å². The van der Waals surface area contributed by atoms with Crippen LogP contribution in [0.2, 0.25) is 5.02 Å². The van der Waals surface area contributed by atoms with E-state index < -0.39 is 5.54 Å². The molecule has 0 radical (unpaired) electrons. The van der Waals surface area contributed by atoms with Gasteiger partial charge in [0, 0.05) is 17.2 Å². The number of carbonyl (C=O) groups excluding carboxylic acids is 1. The molecular formula is C15H22ClNO3. The van der Waals surface area contributed by atoms with Gasteiger partial charge in [-0.05, 0) is 50.5 Å². The van der Waals surface area contributed by atoms with Crippen LogP contribution in [0.3, 0.4) is 0 Å². The Balaban J connectivity index is 2.54. The number of hydrogen-bond acceptors (Lipinski definition) is 3. The van der Waals surface area contributed by atoms with E-state index in [9.17, 15) is 4.79 Å². The molecule has 1 rings (SSSR count). The van der Waals surface area contributed by atoms with E-state index in [1.807, 2.05) is 20.8 Å². The summed E-state index contributed by atoms with van der Waals surface area (Å²) >= 11 is 5.86. The van der Waals surface area contributed by atoms with Gasteiger partial charge in [-0.2, -0.15) is 0 Å². The summed E-state index contributed by atoms with van der Waals surface area (Å²) in [4.78, 5) is 11.9. The third kappa shape index (κ3) is 5.02. The van der Waals surface area contributed by atoms with Crippen molar-refractivity contribution >= 4 is 17.5 Å². The Morgan fingerprint density at radius 1 is 1.50 bits per heavy atom. The lowest BCUT2D eigenvalue weighted by atomic mass is 9.95. The first-order valence-electron chi connectivity index (χ1n) is 6.71. The molecule has 1 unspecified atom stereocenters. The highest BCUT2D eigenvalue weighted by atomic mass is 35.5. The Labute approximate surface area is 125 Å². The van der Waals surface area contributed by atoms with Crippen LogP contribution in [-0.2, 0) is 4.79 Å². The first-order chi connectivity index (χ1) is 9.40. The van der Waals surface area contributed by atoms with Crippen molar-refractivity contribution in [1.29, 1.82) is 0 Å². The Morgan fingerprint density at radius 2 is 2.20 bits per heavy atom. The van der Waals surface area contributed by atoms with E-state index in [1.54, 1.807) is 18.2 Å². The molecule has 0 aliphatic rings. The van der Waals surface area contributed by atoms with Gasteiger partial charge in [0.2, 0.25) is 0 Å². The minimum atomic E-state index is -0.399. The second kappa shape index (κ2) is 7.50. The third-order valence-corrected chi connectivity index (χ3v) is 3.62. The van der Waals surface area contributed by atoms with Crippen LogP contribution in [-0.4, -0.2) is 29.8 Å². The van der Waals surface area contributed by atoms with Crippen molar-refractivity contribution in [3.05, 3.63) is 28.8 Å². The van der Waals surface area contributed by atoms with Gasteiger partial charge in [0.25, 0.3) is 5.91 Å². The van der Waals surface area contributed by atoms with E-state index in [-0.39, 0.29) is 19.1 Å². The van der Waals surface area contributed by atoms with Gasteiger partial charge in [0.1, 0.15) is 5.75 Å². The van der Waals surface area contributed by atoms with E-state index in [1.165, 1.54) is 0 Å². The van der Waals surface area contributed by atoms with Crippen molar-refractivity contribution in [2.45, 2.75) is 39.2 Å². The van der Waals surface area contributed by atoms with Crippen molar-refractivity contribution in [2.75, 3.05) is 13.2 Å². The van der Waals surface area contributed by atoms with E-state index in [0.29, 0.717) is 17.2 Å². The quantitative estimate of drug-likeness (QED) is 0.814. The highest BCUT2D eigenvalue weighted by molar-refractivity contribution is 6.30. The van der Waals surface area contributed by atoms with Crippen LogP contribution >= 0.6 is 11.6 Å². The summed E-state index contributed by atoms with van der Waals surface area (Å²) in [6.45, 7) is 5.75. The minimum Gasteiger partial charge on any atom is -0.484 e. The fraction of sp³-hybridized carbons (Fsp3) is 0.533. The first kappa shape index (κ1) is 16.8. The SMILES string of the molecule is CCC(C)(CCO)NC(=O)COc1ccc(Cl)cc1C. The maximum atomic E-state index is 11.9. The van der Waals surface area contributed by atoms with Crippen molar-refractivity contribution in [3.8, 4) is 5.75 Å². The normalized spacial score (nSPS) is 13.7. The fourth-order valence-electron chi connectivity index (χ4n) is 1.87. The van der Waals surface area contributed by atoms with Crippen LogP contribution in [0.4, 0.5) is 0 Å². The zero-order valence-corrected chi connectivity index (χ0v) is 13.0. The lowest BCUT2D eigenvalue weighted by molar-refractivity contribution is -0.125. The molecule has 0 spiro atoms. The second-order valence-corrected chi connectivity index (χ2v) is 5.57. The van der Waals surface area contributed by atoms with Crippen molar-refractivity contribution in [2.24, 2.45) is 0 Å². The Hall–Kier alpha value is -1.26. The first-order valence-corrected chi connectivity index (χ1v) is 7.09. The molecule has 1 aromatic carbocycles. The van der Waals surface area contributed by atoms with E-state index in [2.05, 4.69) is 5.32 Å². The van der Waals surface area contributed by atoms with Crippen LogP contribution in [0.15, 0.2) is 18.2 Å². The molecule has 1 aromatic rings. The summed E-state index contributed by atoms with van der Waals surface area (Å²) in [5.74, 6) is 0.446. The predicted octanol–water partition coefficient (Wildman–Crippen LogP) is 2.69. The molecule has 0 fully saturated rings. The van der Waals surface area contributed by atoms with Crippen LogP contribution in [0, 0.1) is 6.92 Å². The number of nitrogens with one attached hydrogen (secondary N) is 1. The third-order valence-electron chi connectivity index (χ3n) is 3.38. The largest absolute Gasteiger partial charge is 0.484 e. The Bertz CT molecular complexity index is 464. The maximum absolute atomic E-state index is 11.9. The number of carbonyl (C=O) groups is 1. The molecule has 1 atom stereocenters. The smallest absolute Gasteiger partial charge is 0.258 e. The van der Waals surface area contributed by atoms with Gasteiger partial charge >= 0.3 is 0 Å². The predicted molar refractivity (Wildman–Crippen MR) is 80.2 cm³/mol. The Kier molecular flexibility index (Phi) is 6.30. The van der Waals surface area contributed by atoms with Gasteiger partial charge in [0.15, 0.2) is 6.61 Å². The maximum Gasteiger partial charge on any atom is 0.258 e. The molecule has 0 bridgehead atoms. The summed E-state index contributed by atoms with van der Waals surface area (Å²) in [6, 6.07) is 5.26. The molecule has 112 valence electrons. The zero-order chi connectivity index (χ0) is 15.2. The molecule has 1 amide bonds. The van der Waals surface area contributed by atoms with Crippen LogP contribution in [0.1, 0.15) is 32.3 Å². The van der Waals surface area contributed by atoms with Crippen LogP contribution in [0.25, 0.3) is 0 Å². The average molecular weight is 300 g/mol. The number of benzene rings is 1. The topological polar surface area (TPSA) is 58.6 Å². The summed E-state index contributed by atoms with van der Waals surface area (Å²) in [5.41, 5.74) is 0.489. The molecule has 4 nitrogen and oxygen atoms in total. The number of hydrogen-bond donors (Lipinski definition) is 2. The highest BCUT2D eigenvalue weighted by Crippen LogP contribution is 2.21. The monoisotopic (exact) mass is 299 g/mol. The van der Waals surface area contributed by atoms with Gasteiger partial charge < -0.3 is 15.2 Å². The van der Waals surface area contributed by atoms with Crippen molar-refractivity contribution < 1.29 is 14.6 Å². The van der Waals surface area contributed by atoms with Crippen molar-refractivity contribution in [1.82, 2.24) is 5.32 Å². The average Bonchev–Trinajstić information content (AvgIpc) is 2.38. The van der Waals surface area contributed by atoms with Gasteiger partial charge in [-0.3, -0.25) is 4.79 Å². The number of rotatable bonds is 7. The lowest BCUT2D eigenvalue weighted by Crippen LogP contribution is -2.47. The summed E-state index contributed by atoms with van der Waals surface area (Å²) in [6.07, 6.45) is 1.27. The molecule has 2 N–H and O–H groups in total. The van der Waals surface area contributed by atoms with E-state index in [4.69, 9.17) is 21.4 Å². The summed E-state index contributed by atoms with van der Waals surface area (Å²) < 4.78 is 5.49.